The molecule has 2 atom stereocenters. The number of nitrogens with one attached hydrogen (secondary N) is 1. The van der Waals surface area contributed by atoms with Crippen LogP contribution in [0, 0.1) is 0 Å². The summed E-state index contributed by atoms with van der Waals surface area (Å²) < 4.78 is 5.61. The molecule has 1 N–H and O–H groups in total. The minimum atomic E-state index is -0.470. The van der Waals surface area contributed by atoms with Crippen LogP contribution in [0.15, 0.2) is 42.5 Å². The Labute approximate surface area is 150 Å². The van der Waals surface area contributed by atoms with Gasteiger partial charge in [0.1, 0.15) is 5.60 Å². The lowest BCUT2D eigenvalue weighted by Gasteiger charge is -2.30. The highest BCUT2D eigenvalue weighted by Crippen LogP contribution is 2.25. The predicted molar refractivity (Wildman–Crippen MR) is 102 cm³/mol. The van der Waals surface area contributed by atoms with Crippen molar-refractivity contribution in [2.24, 2.45) is 0 Å². The van der Waals surface area contributed by atoms with Gasteiger partial charge in [-0.3, -0.25) is 0 Å². The molecule has 0 bridgehead atoms. The van der Waals surface area contributed by atoms with Crippen LogP contribution in [-0.2, 0) is 11.2 Å². The number of likely N-dealkylation sites (N-methyl/N-ethyl adjacent to an activating group) is 1. The Bertz CT molecular complexity index is 751. The van der Waals surface area contributed by atoms with Crippen molar-refractivity contribution in [3.05, 3.63) is 48.0 Å². The normalized spacial score (nSPS) is 20.9. The van der Waals surface area contributed by atoms with Crippen LogP contribution in [0.1, 0.15) is 32.8 Å². The summed E-state index contributed by atoms with van der Waals surface area (Å²) in [5.74, 6) is 0. The Balaban J connectivity index is 1.81. The number of hydrogen-bond acceptors (Lipinski definition) is 3. The van der Waals surface area contributed by atoms with E-state index >= 15 is 0 Å². The molecule has 2 aromatic carbocycles. The standard InChI is InChI=1S/C21H28N2O2/c1-21(2,3)25-20(24)23-12-11-18(22-4)19(23)14-15-9-10-16-7-5-6-8-17(16)13-15/h5-10,13,18-19,22H,11-12,14H2,1-4H3/t18-,19+/m1/s1. The van der Waals surface area contributed by atoms with Gasteiger partial charge in [-0.05, 0) is 57.0 Å². The zero-order valence-corrected chi connectivity index (χ0v) is 15.6. The van der Waals surface area contributed by atoms with Crippen molar-refractivity contribution in [1.29, 1.82) is 0 Å². The van der Waals surface area contributed by atoms with E-state index in [2.05, 4.69) is 47.8 Å². The van der Waals surface area contributed by atoms with E-state index in [1.807, 2.05) is 32.7 Å². The molecule has 3 rings (SSSR count). The smallest absolute Gasteiger partial charge is 0.410 e. The molecule has 0 saturated carbocycles. The van der Waals surface area contributed by atoms with Gasteiger partial charge in [0.25, 0.3) is 0 Å². The van der Waals surface area contributed by atoms with Crippen molar-refractivity contribution in [3.8, 4) is 0 Å². The molecule has 0 unspecified atom stereocenters. The van der Waals surface area contributed by atoms with Gasteiger partial charge in [0.05, 0.1) is 6.04 Å². The maximum absolute atomic E-state index is 12.6. The summed E-state index contributed by atoms with van der Waals surface area (Å²) >= 11 is 0. The average Bonchev–Trinajstić information content (AvgIpc) is 2.96. The van der Waals surface area contributed by atoms with Crippen LogP contribution < -0.4 is 5.32 Å². The molecule has 1 amide bonds. The van der Waals surface area contributed by atoms with Crippen LogP contribution >= 0.6 is 0 Å². The highest BCUT2D eigenvalue weighted by molar-refractivity contribution is 5.83. The molecule has 1 saturated heterocycles. The fourth-order valence-electron chi connectivity index (χ4n) is 3.60. The second-order valence-corrected chi connectivity index (χ2v) is 7.81. The van der Waals surface area contributed by atoms with E-state index < -0.39 is 5.60 Å². The maximum Gasteiger partial charge on any atom is 0.410 e. The molecule has 4 nitrogen and oxygen atoms in total. The van der Waals surface area contributed by atoms with Crippen LogP contribution in [0.25, 0.3) is 10.8 Å². The first-order chi connectivity index (χ1) is 11.9. The van der Waals surface area contributed by atoms with Gasteiger partial charge in [-0.15, -0.1) is 0 Å². The van der Waals surface area contributed by atoms with E-state index in [1.165, 1.54) is 16.3 Å². The Kier molecular flexibility index (Phi) is 5.00. The molecular formula is C21H28N2O2. The zero-order valence-electron chi connectivity index (χ0n) is 15.6. The fraction of sp³-hybridized carbons (Fsp3) is 0.476. The summed E-state index contributed by atoms with van der Waals surface area (Å²) in [6, 6.07) is 15.3. The molecule has 0 aromatic heterocycles. The van der Waals surface area contributed by atoms with Gasteiger partial charge in [-0.1, -0.05) is 42.5 Å². The Morgan fingerprint density at radius 3 is 2.60 bits per heavy atom. The molecule has 4 heteroatoms. The summed E-state index contributed by atoms with van der Waals surface area (Å²) in [4.78, 5) is 14.5. The first kappa shape index (κ1) is 17.7. The first-order valence-electron chi connectivity index (χ1n) is 9.02. The molecular weight excluding hydrogens is 312 g/mol. The molecule has 134 valence electrons. The maximum atomic E-state index is 12.6. The summed E-state index contributed by atoms with van der Waals surface area (Å²) in [7, 11) is 1.97. The zero-order chi connectivity index (χ0) is 18.0. The highest BCUT2D eigenvalue weighted by Gasteiger charge is 2.38. The second-order valence-electron chi connectivity index (χ2n) is 7.81. The van der Waals surface area contributed by atoms with E-state index in [0.717, 1.165) is 19.4 Å². The molecule has 0 aliphatic carbocycles. The Morgan fingerprint density at radius 1 is 1.20 bits per heavy atom. The number of hydrogen-bond donors (Lipinski definition) is 1. The van der Waals surface area contributed by atoms with Gasteiger partial charge >= 0.3 is 6.09 Å². The van der Waals surface area contributed by atoms with E-state index in [-0.39, 0.29) is 12.1 Å². The van der Waals surface area contributed by atoms with Crippen molar-refractivity contribution in [3.63, 3.8) is 0 Å². The SMILES string of the molecule is CN[C@@H]1CCN(C(=O)OC(C)(C)C)[C@H]1Cc1ccc2ccccc2c1. The summed E-state index contributed by atoms with van der Waals surface area (Å²) in [6.07, 6.45) is 1.57. The number of rotatable bonds is 3. The van der Waals surface area contributed by atoms with Crippen LogP contribution in [0.4, 0.5) is 4.79 Å². The molecule has 0 radical (unpaired) electrons. The third kappa shape index (κ3) is 4.13. The number of carbonyl (C=O) groups excluding carboxylic acids is 1. The van der Waals surface area contributed by atoms with Gasteiger partial charge in [-0.2, -0.15) is 0 Å². The van der Waals surface area contributed by atoms with E-state index in [1.54, 1.807) is 0 Å². The van der Waals surface area contributed by atoms with Crippen molar-refractivity contribution in [1.82, 2.24) is 10.2 Å². The largest absolute Gasteiger partial charge is 0.444 e. The molecule has 1 fully saturated rings. The number of carbonyl (C=O) groups is 1. The van der Waals surface area contributed by atoms with Crippen molar-refractivity contribution >= 4 is 16.9 Å². The Morgan fingerprint density at radius 2 is 1.92 bits per heavy atom. The number of ether oxygens (including phenoxy) is 1. The van der Waals surface area contributed by atoms with Crippen LogP contribution in [-0.4, -0.2) is 42.3 Å². The minimum absolute atomic E-state index is 0.112. The number of likely N-dealkylation sites (tertiary alicyclic amines) is 1. The third-order valence-corrected chi connectivity index (χ3v) is 4.80. The van der Waals surface area contributed by atoms with Gasteiger partial charge < -0.3 is 15.0 Å². The lowest BCUT2D eigenvalue weighted by atomic mass is 9.98. The third-order valence-electron chi connectivity index (χ3n) is 4.80. The molecule has 25 heavy (non-hydrogen) atoms. The monoisotopic (exact) mass is 340 g/mol. The summed E-state index contributed by atoms with van der Waals surface area (Å²) in [5, 5.41) is 5.85. The Hall–Kier alpha value is -2.07. The minimum Gasteiger partial charge on any atom is -0.444 e. The predicted octanol–water partition coefficient (Wildman–Crippen LogP) is 3.98. The number of nitrogens with zero attached hydrogens (tertiary/aromatic N) is 1. The van der Waals surface area contributed by atoms with Gasteiger partial charge in [0.2, 0.25) is 0 Å². The lowest BCUT2D eigenvalue weighted by molar-refractivity contribution is 0.0217. The average molecular weight is 340 g/mol. The van der Waals surface area contributed by atoms with Crippen LogP contribution in [0.3, 0.4) is 0 Å². The molecule has 1 heterocycles. The first-order valence-corrected chi connectivity index (χ1v) is 9.02. The van der Waals surface area contributed by atoms with Crippen molar-refractivity contribution in [2.45, 2.75) is 51.3 Å². The van der Waals surface area contributed by atoms with E-state index in [4.69, 9.17) is 4.74 Å². The van der Waals surface area contributed by atoms with Crippen LogP contribution in [0.5, 0.6) is 0 Å². The van der Waals surface area contributed by atoms with E-state index in [0.29, 0.717) is 6.04 Å². The van der Waals surface area contributed by atoms with Crippen molar-refractivity contribution < 1.29 is 9.53 Å². The van der Waals surface area contributed by atoms with Gasteiger partial charge in [0.15, 0.2) is 0 Å². The molecule has 1 aliphatic heterocycles. The van der Waals surface area contributed by atoms with Crippen LogP contribution in [0.2, 0.25) is 0 Å². The lowest BCUT2D eigenvalue weighted by Crippen LogP contribution is -2.46. The molecule has 2 aromatic rings. The topological polar surface area (TPSA) is 41.6 Å². The second kappa shape index (κ2) is 7.04. The summed E-state index contributed by atoms with van der Waals surface area (Å²) in [5.41, 5.74) is 0.780. The quantitative estimate of drug-likeness (QED) is 0.919. The number of benzene rings is 2. The van der Waals surface area contributed by atoms with E-state index in [9.17, 15) is 4.79 Å². The highest BCUT2D eigenvalue weighted by atomic mass is 16.6. The van der Waals surface area contributed by atoms with Gasteiger partial charge in [-0.25, -0.2) is 4.79 Å². The molecule has 1 aliphatic rings. The van der Waals surface area contributed by atoms with Crippen molar-refractivity contribution in [2.75, 3.05) is 13.6 Å². The number of fused-ring (bicyclic) bond motifs is 1. The summed E-state index contributed by atoms with van der Waals surface area (Å²) in [6.45, 7) is 6.47. The van der Waals surface area contributed by atoms with Gasteiger partial charge in [0, 0.05) is 12.6 Å². The molecule has 0 spiro atoms. The fourth-order valence-corrected chi connectivity index (χ4v) is 3.60. The number of amides is 1.